The van der Waals surface area contributed by atoms with Crippen molar-refractivity contribution in [3.8, 4) is 0 Å². The zero-order chi connectivity index (χ0) is 25.4. The highest BCUT2D eigenvalue weighted by atomic mass is 16.6. The summed E-state index contributed by atoms with van der Waals surface area (Å²) in [6.45, 7) is 9.89. The molecule has 3 rings (SSSR count). The lowest BCUT2D eigenvalue weighted by Gasteiger charge is -2.20. The van der Waals surface area contributed by atoms with E-state index >= 15 is 0 Å². The second-order valence-corrected chi connectivity index (χ2v) is 9.07. The van der Waals surface area contributed by atoms with Crippen LogP contribution in [0.25, 0.3) is 12.2 Å². The number of rotatable bonds is 7. The minimum atomic E-state index is -0.623. The summed E-state index contributed by atoms with van der Waals surface area (Å²) in [7, 11) is 0. The van der Waals surface area contributed by atoms with Crippen LogP contribution in [0.3, 0.4) is 0 Å². The molecule has 3 aromatic rings. The molecule has 1 heterocycles. The fourth-order valence-corrected chi connectivity index (χ4v) is 3.43. The van der Waals surface area contributed by atoms with Gasteiger partial charge >= 0.3 is 6.09 Å². The van der Waals surface area contributed by atoms with Gasteiger partial charge in [-0.1, -0.05) is 54.6 Å². The van der Waals surface area contributed by atoms with Gasteiger partial charge in [-0.3, -0.25) is 14.8 Å². The van der Waals surface area contributed by atoms with Gasteiger partial charge in [0.15, 0.2) is 0 Å². The molecular weight excluding hydrogens is 440 g/mol. The van der Waals surface area contributed by atoms with E-state index in [2.05, 4.69) is 27.9 Å². The SMILES string of the molecule is Cc1nn(CC=Cc2ccccc2)c(C)c1C=CC(=O)Nc1ccccc1NC(=O)OC(C)(C)C. The van der Waals surface area contributed by atoms with Gasteiger partial charge in [0.2, 0.25) is 5.91 Å². The van der Waals surface area contributed by atoms with Crippen molar-refractivity contribution in [3.63, 3.8) is 0 Å². The summed E-state index contributed by atoms with van der Waals surface area (Å²) >= 11 is 0. The van der Waals surface area contributed by atoms with Crippen molar-refractivity contribution in [3.05, 3.63) is 89.3 Å². The lowest BCUT2D eigenvalue weighted by molar-refractivity contribution is -0.111. The van der Waals surface area contributed by atoms with Gasteiger partial charge in [-0.15, -0.1) is 0 Å². The van der Waals surface area contributed by atoms with E-state index in [9.17, 15) is 9.59 Å². The number of amides is 2. The Labute approximate surface area is 206 Å². The normalized spacial score (nSPS) is 11.7. The summed E-state index contributed by atoms with van der Waals surface area (Å²) in [5.74, 6) is -0.320. The molecular formula is C28H32N4O3. The molecule has 0 saturated carbocycles. The number of ether oxygens (including phenoxy) is 1. The fourth-order valence-electron chi connectivity index (χ4n) is 3.43. The third kappa shape index (κ3) is 7.71. The maximum absolute atomic E-state index is 12.6. The Kier molecular flexibility index (Phi) is 8.25. The van der Waals surface area contributed by atoms with Crippen LogP contribution < -0.4 is 10.6 Å². The summed E-state index contributed by atoms with van der Waals surface area (Å²) in [5.41, 5.74) is 4.14. The molecule has 0 aliphatic rings. The van der Waals surface area contributed by atoms with Crippen LogP contribution in [0.1, 0.15) is 43.3 Å². The van der Waals surface area contributed by atoms with E-state index < -0.39 is 11.7 Å². The maximum atomic E-state index is 12.6. The van der Waals surface area contributed by atoms with Gasteiger partial charge in [-0.2, -0.15) is 5.10 Å². The predicted octanol–water partition coefficient (Wildman–Crippen LogP) is 6.21. The van der Waals surface area contributed by atoms with E-state index in [-0.39, 0.29) is 5.91 Å². The number of carbonyl (C=O) groups is 2. The quantitative estimate of drug-likeness (QED) is 0.400. The van der Waals surface area contributed by atoms with Crippen LogP contribution in [0.4, 0.5) is 16.2 Å². The third-order valence-electron chi connectivity index (χ3n) is 5.05. The lowest BCUT2D eigenvalue weighted by atomic mass is 10.2. The molecule has 0 bridgehead atoms. The van der Waals surface area contributed by atoms with Crippen molar-refractivity contribution < 1.29 is 14.3 Å². The second kappa shape index (κ2) is 11.3. The van der Waals surface area contributed by atoms with Gasteiger partial charge in [0.1, 0.15) is 5.60 Å². The average Bonchev–Trinajstić information content (AvgIpc) is 3.05. The summed E-state index contributed by atoms with van der Waals surface area (Å²) in [6, 6.07) is 17.1. The third-order valence-corrected chi connectivity index (χ3v) is 5.05. The number of benzene rings is 2. The molecule has 7 heteroatoms. The Morgan fingerprint density at radius 1 is 0.943 bits per heavy atom. The second-order valence-electron chi connectivity index (χ2n) is 9.07. The van der Waals surface area contributed by atoms with Crippen molar-refractivity contribution in [1.29, 1.82) is 0 Å². The first-order chi connectivity index (χ1) is 16.6. The van der Waals surface area contributed by atoms with Gasteiger partial charge in [-0.25, -0.2) is 4.79 Å². The van der Waals surface area contributed by atoms with E-state index in [1.807, 2.05) is 48.9 Å². The van der Waals surface area contributed by atoms with Gasteiger partial charge in [-0.05, 0) is 58.4 Å². The monoisotopic (exact) mass is 472 g/mol. The molecule has 35 heavy (non-hydrogen) atoms. The number of aromatic nitrogens is 2. The zero-order valence-electron chi connectivity index (χ0n) is 20.8. The van der Waals surface area contributed by atoms with Crippen molar-refractivity contribution in [2.75, 3.05) is 10.6 Å². The van der Waals surface area contributed by atoms with Crippen molar-refractivity contribution >= 4 is 35.5 Å². The molecule has 0 aliphatic heterocycles. The first kappa shape index (κ1) is 25.5. The van der Waals surface area contributed by atoms with E-state index in [4.69, 9.17) is 4.74 Å². The Bertz CT molecular complexity index is 1230. The highest BCUT2D eigenvalue weighted by Crippen LogP contribution is 2.22. The van der Waals surface area contributed by atoms with Gasteiger partial charge in [0.05, 0.1) is 23.6 Å². The zero-order valence-corrected chi connectivity index (χ0v) is 20.8. The van der Waals surface area contributed by atoms with E-state index in [0.717, 1.165) is 22.5 Å². The number of carbonyl (C=O) groups excluding carboxylic acids is 2. The molecule has 0 fully saturated rings. The lowest BCUT2D eigenvalue weighted by Crippen LogP contribution is -2.27. The smallest absolute Gasteiger partial charge is 0.412 e. The minimum absolute atomic E-state index is 0.320. The van der Waals surface area contributed by atoms with Gasteiger partial charge < -0.3 is 10.1 Å². The van der Waals surface area contributed by atoms with Crippen molar-refractivity contribution in [1.82, 2.24) is 9.78 Å². The number of aryl methyl sites for hydroxylation is 1. The van der Waals surface area contributed by atoms with Crippen LogP contribution in [-0.4, -0.2) is 27.4 Å². The molecule has 7 nitrogen and oxygen atoms in total. The van der Waals surface area contributed by atoms with Crippen LogP contribution in [0, 0.1) is 13.8 Å². The fraction of sp³-hybridized carbons (Fsp3) is 0.250. The molecule has 0 aliphatic carbocycles. The van der Waals surface area contributed by atoms with Crippen LogP contribution in [0.15, 0.2) is 66.7 Å². The Balaban J connectivity index is 1.65. The number of para-hydroxylation sites is 2. The molecule has 1 aromatic heterocycles. The molecule has 0 radical (unpaired) electrons. The summed E-state index contributed by atoms with van der Waals surface area (Å²) in [4.78, 5) is 24.8. The molecule has 0 spiro atoms. The highest BCUT2D eigenvalue weighted by Gasteiger charge is 2.17. The van der Waals surface area contributed by atoms with Crippen molar-refractivity contribution in [2.24, 2.45) is 0 Å². The molecule has 0 atom stereocenters. The average molecular weight is 473 g/mol. The summed E-state index contributed by atoms with van der Waals surface area (Å²) in [5, 5.41) is 10.1. The van der Waals surface area contributed by atoms with E-state index in [1.165, 1.54) is 6.08 Å². The minimum Gasteiger partial charge on any atom is -0.444 e. The molecule has 182 valence electrons. The first-order valence-corrected chi connectivity index (χ1v) is 11.5. The number of hydrogen-bond donors (Lipinski definition) is 2. The number of allylic oxidation sites excluding steroid dienone is 1. The Morgan fingerprint density at radius 3 is 2.23 bits per heavy atom. The highest BCUT2D eigenvalue weighted by molar-refractivity contribution is 6.05. The van der Waals surface area contributed by atoms with Crippen molar-refractivity contribution in [2.45, 2.75) is 46.8 Å². The Morgan fingerprint density at radius 2 is 1.57 bits per heavy atom. The summed E-state index contributed by atoms with van der Waals surface area (Å²) in [6.07, 6.45) is 6.75. The van der Waals surface area contributed by atoms with Crippen LogP contribution in [0.2, 0.25) is 0 Å². The Hall–Kier alpha value is -4.13. The molecule has 2 N–H and O–H groups in total. The van der Waals surface area contributed by atoms with Gasteiger partial charge in [0.25, 0.3) is 0 Å². The van der Waals surface area contributed by atoms with Gasteiger partial charge in [0, 0.05) is 17.3 Å². The predicted molar refractivity (Wildman–Crippen MR) is 141 cm³/mol. The van der Waals surface area contributed by atoms with Crippen LogP contribution in [0.5, 0.6) is 0 Å². The van der Waals surface area contributed by atoms with E-state index in [0.29, 0.717) is 17.9 Å². The van der Waals surface area contributed by atoms with E-state index in [1.54, 1.807) is 51.1 Å². The number of hydrogen-bond acceptors (Lipinski definition) is 4. The number of nitrogens with one attached hydrogen (secondary N) is 2. The molecule has 0 unspecified atom stereocenters. The largest absolute Gasteiger partial charge is 0.444 e. The maximum Gasteiger partial charge on any atom is 0.412 e. The van der Waals surface area contributed by atoms with Crippen LogP contribution >= 0.6 is 0 Å². The molecule has 0 saturated heterocycles. The summed E-state index contributed by atoms with van der Waals surface area (Å²) < 4.78 is 7.21. The topological polar surface area (TPSA) is 85.3 Å². The standard InChI is InChI=1S/C28H32N4O3/c1-20-23(21(2)32(31-20)19-11-14-22-12-7-6-8-13-22)17-18-26(33)29-24-15-9-10-16-25(24)30-27(34)35-28(3,4)5/h6-18H,19H2,1-5H3,(H,29,33)(H,30,34). The van der Waals surface area contributed by atoms with Crippen LogP contribution in [-0.2, 0) is 16.1 Å². The molecule has 2 amide bonds. The number of anilines is 2. The first-order valence-electron chi connectivity index (χ1n) is 11.5. The molecule has 2 aromatic carbocycles. The number of nitrogens with zero attached hydrogens (tertiary/aromatic N) is 2.